The lowest BCUT2D eigenvalue weighted by molar-refractivity contribution is -0.172. The Labute approximate surface area is 420 Å². The number of carboxylic acid groups (broad SMARTS) is 1. The summed E-state index contributed by atoms with van der Waals surface area (Å²) in [7, 11) is 3.04. The van der Waals surface area contributed by atoms with Crippen molar-refractivity contribution in [1.29, 1.82) is 0 Å². The number of carbonyl (C=O) groups is 7. The number of hydrogen-bond acceptors (Lipinski definition) is 14. The zero-order valence-electron chi connectivity index (χ0n) is 41.6. The minimum atomic E-state index is -1.95. The Morgan fingerprint density at radius 3 is 2.27 bits per heavy atom. The zero-order chi connectivity index (χ0) is 53.3. The van der Waals surface area contributed by atoms with E-state index in [4.69, 9.17) is 35.8 Å². The minimum absolute atomic E-state index is 0.0269. The second-order valence-electron chi connectivity index (χ2n) is 18.2. The van der Waals surface area contributed by atoms with Gasteiger partial charge in [0.1, 0.15) is 31.0 Å². The third kappa shape index (κ3) is 12.7. The van der Waals surface area contributed by atoms with Crippen LogP contribution in [-0.2, 0) is 65.2 Å². The fraction of sp³-hybridized carbons (Fsp3) is 0.440. The number of esters is 1. The Balaban J connectivity index is 1.01. The van der Waals surface area contributed by atoms with Crippen molar-refractivity contribution in [2.45, 2.75) is 104 Å². The number of aliphatic carboxylic acids is 1. The van der Waals surface area contributed by atoms with Gasteiger partial charge in [0.05, 0.1) is 35.4 Å². The molecule has 0 aliphatic carbocycles. The number of anilines is 1. The van der Waals surface area contributed by atoms with Crippen LogP contribution in [-0.4, -0.2) is 123 Å². The van der Waals surface area contributed by atoms with Gasteiger partial charge >= 0.3 is 24.1 Å². The van der Waals surface area contributed by atoms with E-state index in [1.807, 2.05) is 6.92 Å². The number of pyridine rings is 2. The van der Waals surface area contributed by atoms with E-state index in [2.05, 4.69) is 20.9 Å². The van der Waals surface area contributed by atoms with Gasteiger partial charge in [0, 0.05) is 62.4 Å². The Kier molecular flexibility index (Phi) is 17.4. The molecule has 2 aliphatic rings. The van der Waals surface area contributed by atoms with Crippen LogP contribution in [0.25, 0.3) is 22.3 Å². The Bertz CT molecular complexity index is 2880. The molecule has 3 atom stereocenters. The quantitative estimate of drug-likeness (QED) is 0.0241. The first-order valence-electron chi connectivity index (χ1n) is 23.9. The van der Waals surface area contributed by atoms with Crippen LogP contribution in [0.2, 0.25) is 0 Å². The van der Waals surface area contributed by atoms with E-state index in [-0.39, 0.29) is 87.1 Å². The van der Waals surface area contributed by atoms with Crippen molar-refractivity contribution in [3.8, 4) is 17.1 Å². The number of carbonyl (C=O) groups excluding carboxylic acids is 6. The van der Waals surface area contributed by atoms with E-state index in [0.29, 0.717) is 41.0 Å². The van der Waals surface area contributed by atoms with Crippen molar-refractivity contribution in [3.63, 3.8) is 0 Å². The van der Waals surface area contributed by atoms with Crippen LogP contribution in [0.15, 0.2) is 58.3 Å². The second kappa shape index (κ2) is 23.4. The number of nitrogens with zero attached hydrogens (tertiary/aromatic N) is 5. The number of nitrogens with one attached hydrogen (secondary N) is 3. The molecule has 4 aromatic rings. The molecule has 23 heteroatoms. The van der Waals surface area contributed by atoms with Gasteiger partial charge < -0.3 is 66.2 Å². The molecule has 6 rings (SSSR count). The summed E-state index contributed by atoms with van der Waals surface area (Å²) in [6, 6.07) is 11.0. The standard InChI is InChI=1S/C50H62N10O13/c1-7-31-32-22-30(15-16-36(32)55-42-33(31)24-60-38(42)23-35-34(45(60)66)26-71-46(67)50(35,70)8-2)73-49(69)59(6)21-20-58(5)48(68)72-25-28-11-13-29(14-12-28)54-43(64)37(10-9-19-53-47(51)52)56-44(65)41(27(3)4)57-39(61)17-18-40(62)63/h11-16,22-23,27,37,41,70H,7-10,17-21,24-26H2,1-6H3,(H,54,64)(H,56,65)(H,57,61)(H,62,63)(H4,51,52,53)/t37-,41-,50-/m0/s1. The minimum Gasteiger partial charge on any atom is -0.481 e. The lowest BCUT2D eigenvalue weighted by Gasteiger charge is -2.31. The molecule has 23 nitrogen and oxygen atoms in total. The number of guanidine groups is 1. The molecule has 2 aromatic heterocycles. The lowest BCUT2D eigenvalue weighted by Crippen LogP contribution is -2.54. The van der Waals surface area contributed by atoms with E-state index < -0.39 is 71.9 Å². The molecule has 0 fully saturated rings. The van der Waals surface area contributed by atoms with Crippen molar-refractivity contribution in [2.24, 2.45) is 22.4 Å². The highest BCUT2D eigenvalue weighted by atomic mass is 16.6. The number of cyclic esters (lactones) is 1. The summed E-state index contributed by atoms with van der Waals surface area (Å²) in [5, 5.41) is 28.9. The monoisotopic (exact) mass is 1010 g/mol. The highest BCUT2D eigenvalue weighted by Crippen LogP contribution is 2.41. The number of aryl methyl sites for hydroxylation is 1. The Morgan fingerprint density at radius 2 is 1.63 bits per heavy atom. The normalized spacial score (nSPS) is 15.2. The number of nitrogens with two attached hydrogens (primary N) is 2. The number of rotatable bonds is 21. The van der Waals surface area contributed by atoms with E-state index in [0.717, 1.165) is 16.5 Å². The number of aromatic nitrogens is 2. The highest BCUT2D eigenvalue weighted by Gasteiger charge is 2.45. The first-order valence-corrected chi connectivity index (χ1v) is 23.9. The van der Waals surface area contributed by atoms with Crippen molar-refractivity contribution >= 4 is 64.4 Å². The average molecular weight is 1010 g/mol. The third-order valence-electron chi connectivity index (χ3n) is 12.7. The van der Waals surface area contributed by atoms with E-state index in [1.54, 1.807) is 73.9 Å². The molecule has 0 saturated heterocycles. The van der Waals surface area contributed by atoms with Gasteiger partial charge in [0.25, 0.3) is 5.56 Å². The molecular weight excluding hydrogens is 949 g/mol. The summed E-state index contributed by atoms with van der Waals surface area (Å²) in [6.45, 7) is 7.26. The lowest BCUT2D eigenvalue weighted by atomic mass is 9.86. The molecular formula is C50H62N10O13. The Hall–Kier alpha value is -8.08. The SMILES string of the molecule is CCc1c2c(nc3ccc(OC(=O)N(C)CCN(C)C(=O)OCc4ccc(NC(=O)[C@H](CCCN=C(N)N)NC(=O)[C@@H](NC(=O)CCC(=O)O)C(C)C)cc4)cc13)-c1cc3c(c(=O)n1C2)COC(=O)[C@]3(O)CC. The van der Waals surface area contributed by atoms with Gasteiger partial charge in [-0.2, -0.15) is 0 Å². The largest absolute Gasteiger partial charge is 0.481 e. The van der Waals surface area contributed by atoms with Gasteiger partial charge in [-0.05, 0) is 79.1 Å². The summed E-state index contributed by atoms with van der Waals surface area (Å²) in [5.74, 6) is -4.05. The molecule has 2 aromatic carbocycles. The molecule has 5 amide bonds. The van der Waals surface area contributed by atoms with Gasteiger partial charge in [-0.25, -0.2) is 19.4 Å². The topological polar surface area (TPSA) is 330 Å². The van der Waals surface area contributed by atoms with Gasteiger partial charge in [-0.1, -0.05) is 39.8 Å². The molecule has 390 valence electrons. The summed E-state index contributed by atoms with van der Waals surface area (Å²) in [6.07, 6.45) is -1.03. The highest BCUT2D eigenvalue weighted by molar-refractivity contribution is 5.98. The second-order valence-corrected chi connectivity index (χ2v) is 18.2. The predicted molar refractivity (Wildman–Crippen MR) is 266 cm³/mol. The summed E-state index contributed by atoms with van der Waals surface area (Å²) in [5.41, 5.74) is 13.3. The number of benzene rings is 2. The fourth-order valence-electron chi connectivity index (χ4n) is 8.47. The van der Waals surface area contributed by atoms with Crippen molar-refractivity contribution in [2.75, 3.05) is 39.0 Å². The number of hydrogen-bond donors (Lipinski definition) is 7. The number of fused-ring (bicyclic) bond motifs is 5. The molecule has 0 spiro atoms. The number of likely N-dealkylation sites (N-methyl/N-ethyl adjacent to an activating group) is 2. The van der Waals surface area contributed by atoms with E-state index in [9.17, 15) is 43.5 Å². The molecule has 0 radical (unpaired) electrons. The molecule has 4 heterocycles. The van der Waals surface area contributed by atoms with E-state index in [1.165, 1.54) is 23.9 Å². The van der Waals surface area contributed by atoms with Crippen LogP contribution in [0.5, 0.6) is 5.75 Å². The molecule has 9 N–H and O–H groups in total. The van der Waals surface area contributed by atoms with Crippen LogP contribution in [0, 0.1) is 5.92 Å². The number of aliphatic imine (C=N–C) groups is 1. The zero-order valence-corrected chi connectivity index (χ0v) is 41.6. The van der Waals surface area contributed by atoms with Crippen LogP contribution < -0.4 is 37.7 Å². The maximum absolute atomic E-state index is 13.7. The maximum atomic E-state index is 13.7. The summed E-state index contributed by atoms with van der Waals surface area (Å²) in [4.78, 5) is 114. The smallest absolute Gasteiger partial charge is 0.415 e. The molecule has 73 heavy (non-hydrogen) atoms. The van der Waals surface area contributed by atoms with Gasteiger partial charge in [0.15, 0.2) is 11.6 Å². The maximum Gasteiger partial charge on any atom is 0.415 e. The molecule has 0 unspecified atom stereocenters. The predicted octanol–water partition coefficient (Wildman–Crippen LogP) is 2.82. The van der Waals surface area contributed by atoms with Crippen LogP contribution in [0.1, 0.15) is 87.6 Å². The fourth-order valence-corrected chi connectivity index (χ4v) is 8.47. The molecule has 2 aliphatic heterocycles. The third-order valence-corrected chi connectivity index (χ3v) is 12.7. The van der Waals surface area contributed by atoms with Crippen LogP contribution in [0.3, 0.4) is 0 Å². The average Bonchev–Trinajstić information content (AvgIpc) is 3.73. The van der Waals surface area contributed by atoms with Crippen molar-refractivity contribution in [1.82, 2.24) is 30.0 Å². The molecule has 0 bridgehead atoms. The summed E-state index contributed by atoms with van der Waals surface area (Å²) >= 11 is 0. The first-order chi connectivity index (χ1) is 34.6. The van der Waals surface area contributed by atoms with Gasteiger partial charge in [-0.15, -0.1) is 0 Å². The van der Waals surface area contributed by atoms with Crippen molar-refractivity contribution in [3.05, 3.63) is 86.7 Å². The number of carboxylic acids is 1. The first kappa shape index (κ1) is 54.3. The number of amides is 5. The number of aliphatic hydroxyl groups is 1. The Morgan fingerprint density at radius 1 is 0.932 bits per heavy atom. The summed E-state index contributed by atoms with van der Waals surface area (Å²) < 4.78 is 18.0. The molecule has 0 saturated carbocycles. The van der Waals surface area contributed by atoms with Gasteiger partial charge in [-0.3, -0.25) is 29.0 Å². The van der Waals surface area contributed by atoms with Crippen LogP contribution in [0.4, 0.5) is 15.3 Å². The number of ether oxygens (including phenoxy) is 3. The van der Waals surface area contributed by atoms with Crippen molar-refractivity contribution < 1.29 is 58.0 Å². The van der Waals surface area contributed by atoms with E-state index >= 15 is 0 Å². The van der Waals surface area contributed by atoms with Crippen LogP contribution >= 0.6 is 0 Å². The van der Waals surface area contributed by atoms with Gasteiger partial charge in [0.2, 0.25) is 17.7 Å².